The van der Waals surface area contributed by atoms with Gasteiger partial charge in [-0.05, 0) is 57.7 Å². The summed E-state index contributed by atoms with van der Waals surface area (Å²) in [6, 6.07) is 11.4. The Morgan fingerprint density at radius 1 is 1.00 bits per heavy atom. The highest BCUT2D eigenvalue weighted by atomic mass is 32.2. The van der Waals surface area contributed by atoms with E-state index in [9.17, 15) is 13.2 Å². The Morgan fingerprint density at radius 3 is 2.07 bits per heavy atom. The highest BCUT2D eigenvalue weighted by Gasteiger charge is 2.30. The third kappa shape index (κ3) is 5.90. The van der Waals surface area contributed by atoms with Crippen molar-refractivity contribution in [3.8, 4) is 0 Å². The van der Waals surface area contributed by atoms with E-state index < -0.39 is 10.0 Å². The first kappa shape index (κ1) is 23.1. The van der Waals surface area contributed by atoms with Crippen molar-refractivity contribution in [2.75, 3.05) is 6.54 Å². The molecule has 1 atom stereocenters. The van der Waals surface area contributed by atoms with Gasteiger partial charge in [0, 0.05) is 12.6 Å². The van der Waals surface area contributed by atoms with Crippen LogP contribution in [0.1, 0.15) is 48.1 Å². The molecule has 2 aromatic carbocycles. The van der Waals surface area contributed by atoms with Crippen molar-refractivity contribution in [2.24, 2.45) is 0 Å². The number of hydrogen-bond acceptors (Lipinski definition) is 3. The molecule has 0 radical (unpaired) electrons. The summed E-state index contributed by atoms with van der Waals surface area (Å²) in [5.74, 6) is -0.294. The highest BCUT2D eigenvalue weighted by Crippen LogP contribution is 2.26. The maximum Gasteiger partial charge on any atom is 0.244 e. The molecule has 0 aliphatic rings. The number of nitrogens with one attached hydrogen (secondary N) is 1. The minimum absolute atomic E-state index is 0.00530. The lowest BCUT2D eigenvalue weighted by Crippen LogP contribution is -2.43. The molecule has 2 rings (SSSR count). The molecular formula is C23H32N2O3S. The number of benzene rings is 2. The topological polar surface area (TPSA) is 66.5 Å². The predicted octanol–water partition coefficient (Wildman–Crippen LogP) is 4.03. The van der Waals surface area contributed by atoms with Gasteiger partial charge in [-0.25, -0.2) is 8.42 Å². The Kier molecular flexibility index (Phi) is 7.60. The summed E-state index contributed by atoms with van der Waals surface area (Å²) < 4.78 is 28.5. The Hall–Kier alpha value is -2.18. The molecule has 1 amide bonds. The Bertz CT molecular complexity index is 943. The molecule has 0 bridgehead atoms. The van der Waals surface area contributed by atoms with Crippen LogP contribution in [-0.2, 0) is 21.4 Å². The van der Waals surface area contributed by atoms with Crippen molar-refractivity contribution >= 4 is 15.9 Å². The van der Waals surface area contributed by atoms with Gasteiger partial charge in [0.1, 0.15) is 0 Å². The molecule has 0 fully saturated rings. The molecule has 0 aliphatic heterocycles. The standard InChI is InChI=1S/C23H32N2O3S/c1-7-20(6)24-22(26)15-25(14-21-10-8-16(2)9-11-21)29(27,28)23-18(4)12-17(3)13-19(23)5/h8-13,20H,7,14-15H2,1-6H3,(H,24,26). The molecule has 0 aromatic heterocycles. The van der Waals surface area contributed by atoms with Crippen LogP contribution in [0, 0.1) is 27.7 Å². The van der Waals surface area contributed by atoms with Crippen LogP contribution in [0.15, 0.2) is 41.3 Å². The smallest absolute Gasteiger partial charge is 0.244 e. The molecule has 5 nitrogen and oxygen atoms in total. The second-order valence-corrected chi connectivity index (χ2v) is 9.74. The van der Waals surface area contributed by atoms with Gasteiger partial charge in [-0.2, -0.15) is 4.31 Å². The summed E-state index contributed by atoms with van der Waals surface area (Å²) in [7, 11) is -3.85. The van der Waals surface area contributed by atoms with Gasteiger partial charge in [0.05, 0.1) is 11.4 Å². The molecule has 2 aromatic rings. The fourth-order valence-corrected chi connectivity index (χ4v) is 5.20. The number of carbonyl (C=O) groups is 1. The molecule has 0 spiro atoms. The van der Waals surface area contributed by atoms with Crippen LogP contribution < -0.4 is 5.32 Å². The average Bonchev–Trinajstić information content (AvgIpc) is 2.61. The zero-order valence-electron chi connectivity index (χ0n) is 18.2. The molecule has 0 aliphatic carbocycles. The molecule has 0 saturated carbocycles. The first-order chi connectivity index (χ1) is 13.5. The lowest BCUT2D eigenvalue weighted by Gasteiger charge is -2.25. The summed E-state index contributed by atoms with van der Waals surface area (Å²) in [6.07, 6.45) is 0.784. The highest BCUT2D eigenvalue weighted by molar-refractivity contribution is 7.89. The first-order valence-corrected chi connectivity index (χ1v) is 11.4. The number of aryl methyl sites for hydroxylation is 4. The van der Waals surface area contributed by atoms with Crippen LogP contribution >= 0.6 is 0 Å². The summed E-state index contributed by atoms with van der Waals surface area (Å²) in [4.78, 5) is 12.8. The number of hydrogen-bond donors (Lipinski definition) is 1. The van der Waals surface area contributed by atoms with Crippen molar-refractivity contribution in [1.82, 2.24) is 9.62 Å². The zero-order chi connectivity index (χ0) is 21.8. The van der Waals surface area contributed by atoms with Gasteiger partial charge >= 0.3 is 0 Å². The quantitative estimate of drug-likeness (QED) is 0.707. The van der Waals surface area contributed by atoms with Gasteiger partial charge in [0.25, 0.3) is 0 Å². The van der Waals surface area contributed by atoms with E-state index in [1.54, 1.807) is 13.8 Å². The van der Waals surface area contributed by atoms with E-state index in [4.69, 9.17) is 0 Å². The summed E-state index contributed by atoms with van der Waals surface area (Å²) >= 11 is 0. The van der Waals surface area contributed by atoms with Crippen molar-refractivity contribution in [2.45, 2.75) is 65.4 Å². The Morgan fingerprint density at radius 2 is 1.55 bits per heavy atom. The van der Waals surface area contributed by atoms with Crippen LogP contribution in [0.5, 0.6) is 0 Å². The molecule has 0 saturated heterocycles. The Balaban J connectivity index is 2.44. The molecule has 0 heterocycles. The van der Waals surface area contributed by atoms with Crippen molar-refractivity contribution in [3.63, 3.8) is 0 Å². The third-order valence-electron chi connectivity index (χ3n) is 5.02. The van der Waals surface area contributed by atoms with Crippen LogP contribution in [0.25, 0.3) is 0 Å². The number of sulfonamides is 1. The fraction of sp³-hybridized carbons (Fsp3) is 0.435. The molecule has 29 heavy (non-hydrogen) atoms. The van der Waals surface area contributed by atoms with Crippen molar-refractivity contribution in [3.05, 3.63) is 64.2 Å². The van der Waals surface area contributed by atoms with Gasteiger partial charge in [-0.1, -0.05) is 54.4 Å². The summed E-state index contributed by atoms with van der Waals surface area (Å²) in [5, 5.41) is 2.87. The van der Waals surface area contributed by atoms with Crippen LogP contribution in [0.2, 0.25) is 0 Å². The first-order valence-electron chi connectivity index (χ1n) is 9.97. The van der Waals surface area contributed by atoms with E-state index >= 15 is 0 Å². The normalized spacial score (nSPS) is 12.8. The number of nitrogens with zero attached hydrogens (tertiary/aromatic N) is 1. The summed E-state index contributed by atoms with van der Waals surface area (Å²) in [6.45, 7) is 11.3. The van der Waals surface area contributed by atoms with Gasteiger partial charge < -0.3 is 5.32 Å². The monoisotopic (exact) mass is 416 g/mol. The zero-order valence-corrected chi connectivity index (χ0v) is 19.1. The second-order valence-electron chi connectivity index (χ2n) is 7.86. The number of amides is 1. The maximum atomic E-state index is 13.6. The maximum absolute atomic E-state index is 13.6. The van der Waals surface area contributed by atoms with E-state index in [2.05, 4.69) is 5.32 Å². The van der Waals surface area contributed by atoms with E-state index in [1.165, 1.54) is 4.31 Å². The van der Waals surface area contributed by atoms with Gasteiger partial charge in [0.15, 0.2) is 0 Å². The van der Waals surface area contributed by atoms with Gasteiger partial charge in [0.2, 0.25) is 15.9 Å². The van der Waals surface area contributed by atoms with E-state index in [1.807, 2.05) is 64.1 Å². The lowest BCUT2D eigenvalue weighted by atomic mass is 10.1. The molecular weight excluding hydrogens is 384 g/mol. The molecule has 1 unspecified atom stereocenters. The van der Waals surface area contributed by atoms with Crippen molar-refractivity contribution in [1.29, 1.82) is 0 Å². The third-order valence-corrected chi connectivity index (χ3v) is 7.12. The minimum atomic E-state index is -3.85. The second kappa shape index (κ2) is 9.55. The van der Waals surface area contributed by atoms with Crippen LogP contribution in [0.3, 0.4) is 0 Å². The van der Waals surface area contributed by atoms with Gasteiger partial charge in [-0.15, -0.1) is 0 Å². The predicted molar refractivity (Wildman–Crippen MR) is 117 cm³/mol. The average molecular weight is 417 g/mol. The molecule has 1 N–H and O–H groups in total. The Labute approximate surface area is 175 Å². The molecule has 158 valence electrons. The number of carbonyl (C=O) groups excluding carboxylic acids is 1. The van der Waals surface area contributed by atoms with Crippen LogP contribution in [0.4, 0.5) is 0 Å². The van der Waals surface area contributed by atoms with E-state index in [0.717, 1.165) is 23.1 Å². The van der Waals surface area contributed by atoms with E-state index in [0.29, 0.717) is 11.1 Å². The fourth-order valence-electron chi connectivity index (χ4n) is 3.41. The van der Waals surface area contributed by atoms with Gasteiger partial charge in [-0.3, -0.25) is 4.79 Å². The van der Waals surface area contributed by atoms with E-state index in [-0.39, 0.29) is 29.9 Å². The largest absolute Gasteiger partial charge is 0.353 e. The van der Waals surface area contributed by atoms with Crippen LogP contribution in [-0.4, -0.2) is 31.2 Å². The SMILES string of the molecule is CCC(C)NC(=O)CN(Cc1ccc(C)cc1)S(=O)(=O)c1c(C)cc(C)cc1C. The lowest BCUT2D eigenvalue weighted by molar-refractivity contribution is -0.122. The van der Waals surface area contributed by atoms with Crippen molar-refractivity contribution < 1.29 is 13.2 Å². The summed E-state index contributed by atoms with van der Waals surface area (Å²) in [5.41, 5.74) is 4.34. The minimum Gasteiger partial charge on any atom is -0.353 e. The number of rotatable bonds is 8. The molecule has 6 heteroatoms.